The molecule has 4 heteroatoms. The van der Waals surface area contributed by atoms with Gasteiger partial charge in [-0.05, 0) is 12.8 Å². The lowest BCUT2D eigenvalue weighted by atomic mass is 10.1. The van der Waals surface area contributed by atoms with E-state index in [0.29, 0.717) is 17.9 Å². The largest absolute Gasteiger partial charge is 0.299 e. The molecular weight excluding hydrogens is 212 g/mol. The summed E-state index contributed by atoms with van der Waals surface area (Å²) in [5.41, 5.74) is 1.71. The number of hydrogen-bond acceptors (Lipinski definition) is 2. The summed E-state index contributed by atoms with van der Waals surface area (Å²) in [6, 6.07) is 0. The van der Waals surface area contributed by atoms with Crippen LogP contribution in [0, 0.1) is 0 Å². The fourth-order valence-corrected chi connectivity index (χ4v) is 1.93. The lowest BCUT2D eigenvalue weighted by Crippen LogP contribution is -2.07. The lowest BCUT2D eigenvalue weighted by Gasteiger charge is -2.01. The number of halogens is 1. The predicted molar refractivity (Wildman–Crippen MR) is 61.2 cm³/mol. The molecule has 84 valence electrons. The van der Waals surface area contributed by atoms with Crippen molar-refractivity contribution in [3.05, 3.63) is 16.4 Å². The summed E-state index contributed by atoms with van der Waals surface area (Å²) in [6.45, 7) is 4.01. The molecule has 0 radical (unpaired) electrons. The molecule has 1 rings (SSSR count). The maximum Gasteiger partial charge on any atom is 0.138 e. The second kappa shape index (κ2) is 5.31. The highest BCUT2D eigenvalue weighted by Gasteiger charge is 2.15. The van der Waals surface area contributed by atoms with E-state index in [1.807, 2.05) is 20.9 Å². The van der Waals surface area contributed by atoms with Gasteiger partial charge < -0.3 is 0 Å². The molecule has 1 heterocycles. The van der Waals surface area contributed by atoms with Gasteiger partial charge in [-0.25, -0.2) is 0 Å². The molecule has 0 spiro atoms. The average Bonchev–Trinajstić information content (AvgIpc) is 2.45. The van der Waals surface area contributed by atoms with Crippen LogP contribution >= 0.6 is 11.6 Å². The molecule has 1 aromatic heterocycles. The van der Waals surface area contributed by atoms with E-state index >= 15 is 0 Å². The number of nitrogens with zero attached hydrogens (tertiary/aromatic N) is 2. The van der Waals surface area contributed by atoms with Crippen molar-refractivity contribution in [3.8, 4) is 0 Å². The van der Waals surface area contributed by atoms with E-state index in [-0.39, 0.29) is 5.78 Å². The Hall–Kier alpha value is -0.830. The molecule has 0 N–H and O–H groups in total. The minimum atomic E-state index is 0.227. The normalized spacial score (nSPS) is 10.7. The molecule has 0 unspecified atom stereocenters. The topological polar surface area (TPSA) is 34.9 Å². The maximum atomic E-state index is 11.5. The summed E-state index contributed by atoms with van der Waals surface area (Å²) in [5, 5.41) is 4.93. The molecule has 1 aromatic rings. The first-order valence-electron chi connectivity index (χ1n) is 5.32. The summed E-state index contributed by atoms with van der Waals surface area (Å²) < 4.78 is 1.72. The van der Waals surface area contributed by atoms with E-state index in [2.05, 4.69) is 5.10 Å². The molecule has 0 amide bonds. The number of aryl methyl sites for hydroxylation is 2. The van der Waals surface area contributed by atoms with Gasteiger partial charge in [0.1, 0.15) is 5.78 Å². The Morgan fingerprint density at radius 2 is 2.13 bits per heavy atom. The van der Waals surface area contributed by atoms with Crippen molar-refractivity contribution in [2.45, 2.75) is 39.5 Å². The summed E-state index contributed by atoms with van der Waals surface area (Å²) in [7, 11) is 1.83. The van der Waals surface area contributed by atoms with Crippen LogP contribution in [0.15, 0.2) is 0 Å². The van der Waals surface area contributed by atoms with Gasteiger partial charge in [0.05, 0.1) is 16.4 Å². The number of carbonyl (C=O) groups is 1. The molecule has 0 bridgehead atoms. The highest BCUT2D eigenvalue weighted by atomic mass is 35.5. The molecule has 0 aliphatic carbocycles. The van der Waals surface area contributed by atoms with E-state index in [1.54, 1.807) is 4.68 Å². The van der Waals surface area contributed by atoms with Crippen LogP contribution in [0.3, 0.4) is 0 Å². The molecule has 3 nitrogen and oxygen atoms in total. The zero-order valence-electron chi connectivity index (χ0n) is 9.51. The first kappa shape index (κ1) is 12.2. The second-order valence-electron chi connectivity index (χ2n) is 3.65. The molecule has 0 fully saturated rings. The van der Waals surface area contributed by atoms with Crippen LogP contribution in [0.1, 0.15) is 38.1 Å². The number of hydrogen-bond donors (Lipinski definition) is 0. The fourth-order valence-electron chi connectivity index (χ4n) is 1.57. The quantitative estimate of drug-likeness (QED) is 0.777. The van der Waals surface area contributed by atoms with Gasteiger partial charge in [-0.15, -0.1) is 0 Å². The van der Waals surface area contributed by atoms with Gasteiger partial charge in [0.25, 0.3) is 0 Å². The second-order valence-corrected chi connectivity index (χ2v) is 4.03. The SMILES string of the molecule is CCCC(=O)Cc1c(Cl)c(CC)nn1C. The molecule has 0 aliphatic heterocycles. The van der Waals surface area contributed by atoms with Crippen LogP contribution in [-0.4, -0.2) is 15.6 Å². The molecular formula is C11H17ClN2O. The first-order valence-corrected chi connectivity index (χ1v) is 5.69. The van der Waals surface area contributed by atoms with E-state index in [1.165, 1.54) is 0 Å². The van der Waals surface area contributed by atoms with Gasteiger partial charge in [0.2, 0.25) is 0 Å². The monoisotopic (exact) mass is 228 g/mol. The third-order valence-electron chi connectivity index (χ3n) is 2.40. The van der Waals surface area contributed by atoms with Gasteiger partial charge in [-0.1, -0.05) is 25.4 Å². The fraction of sp³-hybridized carbons (Fsp3) is 0.636. The summed E-state index contributed by atoms with van der Waals surface area (Å²) in [6.07, 6.45) is 2.70. The summed E-state index contributed by atoms with van der Waals surface area (Å²) in [4.78, 5) is 11.5. The van der Waals surface area contributed by atoms with Gasteiger partial charge in [0, 0.05) is 19.9 Å². The van der Waals surface area contributed by atoms with E-state index in [9.17, 15) is 4.79 Å². The van der Waals surface area contributed by atoms with Crippen LogP contribution in [0.5, 0.6) is 0 Å². The molecule has 15 heavy (non-hydrogen) atoms. The van der Waals surface area contributed by atoms with Gasteiger partial charge in [-0.2, -0.15) is 5.10 Å². The van der Waals surface area contributed by atoms with Gasteiger partial charge >= 0.3 is 0 Å². The first-order chi connectivity index (χ1) is 7.10. The molecule has 0 saturated heterocycles. The molecule has 0 saturated carbocycles. The number of ketones is 1. The van der Waals surface area contributed by atoms with Crippen LogP contribution in [0.4, 0.5) is 0 Å². The van der Waals surface area contributed by atoms with Crippen LogP contribution in [0.2, 0.25) is 5.02 Å². The van der Waals surface area contributed by atoms with Crippen molar-refractivity contribution in [2.24, 2.45) is 7.05 Å². The molecule has 0 atom stereocenters. The van der Waals surface area contributed by atoms with E-state index in [4.69, 9.17) is 11.6 Å². The number of aromatic nitrogens is 2. The summed E-state index contributed by atoms with van der Waals surface area (Å²) >= 11 is 6.14. The van der Waals surface area contributed by atoms with Gasteiger partial charge in [0.15, 0.2) is 0 Å². The van der Waals surface area contributed by atoms with Crippen molar-refractivity contribution in [3.63, 3.8) is 0 Å². The van der Waals surface area contributed by atoms with Crippen LogP contribution in [0.25, 0.3) is 0 Å². The lowest BCUT2D eigenvalue weighted by molar-refractivity contribution is -0.118. The highest BCUT2D eigenvalue weighted by molar-refractivity contribution is 6.32. The van der Waals surface area contributed by atoms with E-state index < -0.39 is 0 Å². The Kier molecular flexibility index (Phi) is 4.33. The Morgan fingerprint density at radius 1 is 1.47 bits per heavy atom. The van der Waals surface area contributed by atoms with Crippen LogP contribution in [-0.2, 0) is 24.7 Å². The van der Waals surface area contributed by atoms with E-state index in [0.717, 1.165) is 24.2 Å². The Bertz CT molecular complexity index is 358. The van der Waals surface area contributed by atoms with Crippen molar-refractivity contribution < 1.29 is 4.79 Å². The Labute approximate surface area is 95.4 Å². The third-order valence-corrected chi connectivity index (χ3v) is 2.83. The average molecular weight is 229 g/mol. The smallest absolute Gasteiger partial charge is 0.138 e. The predicted octanol–water partition coefficient (Wildman–Crippen LogP) is 2.55. The zero-order valence-corrected chi connectivity index (χ0v) is 10.3. The number of rotatable bonds is 5. The van der Waals surface area contributed by atoms with Gasteiger partial charge in [-0.3, -0.25) is 9.48 Å². The summed E-state index contributed by atoms with van der Waals surface area (Å²) in [5.74, 6) is 0.227. The minimum absolute atomic E-state index is 0.227. The molecule has 0 aromatic carbocycles. The number of carbonyl (C=O) groups excluding carboxylic acids is 1. The highest BCUT2D eigenvalue weighted by Crippen LogP contribution is 2.21. The molecule has 0 aliphatic rings. The third kappa shape index (κ3) is 2.81. The Morgan fingerprint density at radius 3 is 2.60 bits per heavy atom. The van der Waals surface area contributed by atoms with Crippen molar-refractivity contribution in [2.75, 3.05) is 0 Å². The zero-order chi connectivity index (χ0) is 11.4. The standard InChI is InChI=1S/C11H17ClN2O/c1-4-6-8(15)7-10-11(12)9(5-2)13-14(10)3/h4-7H2,1-3H3. The van der Waals surface area contributed by atoms with Crippen molar-refractivity contribution in [1.82, 2.24) is 9.78 Å². The van der Waals surface area contributed by atoms with Crippen molar-refractivity contribution in [1.29, 1.82) is 0 Å². The maximum absolute atomic E-state index is 11.5. The number of Topliss-reactive ketones (excluding diaryl/α,β-unsaturated/α-hetero) is 1. The van der Waals surface area contributed by atoms with Crippen molar-refractivity contribution >= 4 is 17.4 Å². The van der Waals surface area contributed by atoms with Crippen LogP contribution < -0.4 is 0 Å². The Balaban J connectivity index is 2.85. The minimum Gasteiger partial charge on any atom is -0.299 e.